The first-order valence-electron chi connectivity index (χ1n) is 6.41. The molecule has 0 unspecified atom stereocenters. The van der Waals surface area contributed by atoms with Crippen molar-refractivity contribution < 1.29 is 13.2 Å². The van der Waals surface area contributed by atoms with Crippen LogP contribution in [0.4, 0.5) is 19.0 Å². The van der Waals surface area contributed by atoms with Gasteiger partial charge in [-0.05, 0) is 19.1 Å². The molecule has 0 bridgehead atoms. The highest BCUT2D eigenvalue weighted by Crippen LogP contribution is 2.35. The fourth-order valence-corrected chi connectivity index (χ4v) is 2.30. The molecule has 2 N–H and O–H groups in total. The molecule has 0 atom stereocenters. The van der Waals surface area contributed by atoms with Crippen LogP contribution in [0.2, 0.25) is 0 Å². The van der Waals surface area contributed by atoms with Crippen molar-refractivity contribution in [3.8, 4) is 11.3 Å². The first kappa shape index (κ1) is 14.2. The van der Waals surface area contributed by atoms with Gasteiger partial charge in [-0.2, -0.15) is 13.2 Å². The summed E-state index contributed by atoms with van der Waals surface area (Å²) in [6.45, 7) is 1.76. The van der Waals surface area contributed by atoms with Crippen LogP contribution in [0, 0.1) is 6.92 Å². The number of benzene rings is 1. The molecule has 1 aromatic carbocycles. The van der Waals surface area contributed by atoms with Crippen LogP contribution in [0.1, 0.15) is 11.1 Å². The summed E-state index contributed by atoms with van der Waals surface area (Å²) in [6, 6.07) is 5.52. The van der Waals surface area contributed by atoms with Gasteiger partial charge in [-0.3, -0.25) is 4.98 Å². The average molecular weight is 304 g/mol. The molecule has 0 saturated heterocycles. The van der Waals surface area contributed by atoms with Gasteiger partial charge < -0.3 is 5.73 Å². The number of aromatic nitrogens is 3. The van der Waals surface area contributed by atoms with Crippen LogP contribution in [0.5, 0.6) is 0 Å². The maximum atomic E-state index is 13.0. The lowest BCUT2D eigenvalue weighted by Gasteiger charge is -2.11. The monoisotopic (exact) mass is 304 g/mol. The highest BCUT2D eigenvalue weighted by Gasteiger charge is 2.32. The minimum Gasteiger partial charge on any atom is -0.383 e. The van der Waals surface area contributed by atoms with Gasteiger partial charge in [0.15, 0.2) is 0 Å². The van der Waals surface area contributed by atoms with Crippen molar-refractivity contribution in [2.45, 2.75) is 13.1 Å². The summed E-state index contributed by atoms with van der Waals surface area (Å²) in [5.41, 5.74) is 7.18. The Morgan fingerprint density at radius 1 is 1.05 bits per heavy atom. The number of anilines is 1. The van der Waals surface area contributed by atoms with E-state index in [0.29, 0.717) is 22.6 Å². The lowest BCUT2D eigenvalue weighted by atomic mass is 10.0. The number of rotatable bonds is 1. The zero-order valence-corrected chi connectivity index (χ0v) is 11.5. The van der Waals surface area contributed by atoms with Gasteiger partial charge in [0.25, 0.3) is 0 Å². The highest BCUT2D eigenvalue weighted by molar-refractivity contribution is 5.87. The SMILES string of the molecule is Cc1c(N)ncnc1-c1ccc2c(C(F)(F)F)ccnc2c1. The van der Waals surface area contributed by atoms with Crippen LogP contribution in [-0.2, 0) is 6.18 Å². The Labute approximate surface area is 123 Å². The zero-order chi connectivity index (χ0) is 15.9. The molecular weight excluding hydrogens is 293 g/mol. The van der Waals surface area contributed by atoms with E-state index in [4.69, 9.17) is 5.73 Å². The summed E-state index contributed by atoms with van der Waals surface area (Å²) in [5.74, 6) is 0.335. The molecule has 2 aromatic heterocycles. The highest BCUT2D eigenvalue weighted by atomic mass is 19.4. The molecule has 0 saturated carbocycles. The maximum absolute atomic E-state index is 13.0. The Balaban J connectivity index is 2.22. The van der Waals surface area contributed by atoms with Gasteiger partial charge in [0, 0.05) is 22.7 Å². The Hall–Kier alpha value is -2.70. The molecule has 0 fully saturated rings. The third-order valence-electron chi connectivity index (χ3n) is 3.44. The van der Waals surface area contributed by atoms with Crippen molar-refractivity contribution in [2.75, 3.05) is 5.73 Å². The van der Waals surface area contributed by atoms with Gasteiger partial charge in [0.2, 0.25) is 0 Å². The number of alkyl halides is 3. The molecule has 0 aliphatic carbocycles. The Kier molecular flexibility index (Phi) is 3.20. The largest absolute Gasteiger partial charge is 0.417 e. The molecule has 0 spiro atoms. The van der Waals surface area contributed by atoms with Crippen LogP contribution < -0.4 is 5.73 Å². The third-order valence-corrected chi connectivity index (χ3v) is 3.44. The van der Waals surface area contributed by atoms with E-state index >= 15 is 0 Å². The third kappa shape index (κ3) is 2.34. The number of nitrogens with zero attached hydrogens (tertiary/aromatic N) is 3. The first-order valence-corrected chi connectivity index (χ1v) is 6.41. The average Bonchev–Trinajstić information content (AvgIpc) is 2.48. The van der Waals surface area contributed by atoms with Gasteiger partial charge >= 0.3 is 6.18 Å². The molecule has 4 nitrogen and oxygen atoms in total. The Bertz CT molecular complexity index is 859. The maximum Gasteiger partial charge on any atom is 0.417 e. The smallest absolute Gasteiger partial charge is 0.383 e. The van der Waals surface area contributed by atoms with E-state index < -0.39 is 11.7 Å². The van der Waals surface area contributed by atoms with Crippen molar-refractivity contribution in [1.29, 1.82) is 0 Å². The van der Waals surface area contributed by atoms with Crippen molar-refractivity contribution in [1.82, 2.24) is 15.0 Å². The van der Waals surface area contributed by atoms with Crippen molar-refractivity contribution in [3.05, 3.63) is 47.9 Å². The minimum absolute atomic E-state index is 0.0541. The molecule has 0 amide bonds. The minimum atomic E-state index is -4.42. The summed E-state index contributed by atoms with van der Waals surface area (Å²) in [7, 11) is 0. The standard InChI is InChI=1S/C15H11F3N4/c1-8-13(21-7-22-14(8)19)9-2-3-10-11(15(16,17)18)4-5-20-12(10)6-9/h2-7H,1H3,(H2,19,21,22). The second kappa shape index (κ2) is 4.94. The number of fused-ring (bicyclic) bond motifs is 1. The molecule has 0 aliphatic rings. The van der Waals surface area contributed by atoms with E-state index in [1.807, 2.05) is 0 Å². The normalized spacial score (nSPS) is 11.8. The molecule has 3 rings (SSSR count). The van der Waals surface area contributed by atoms with E-state index in [9.17, 15) is 13.2 Å². The fourth-order valence-electron chi connectivity index (χ4n) is 2.30. The Morgan fingerprint density at radius 2 is 1.82 bits per heavy atom. The molecule has 7 heteroatoms. The van der Waals surface area contributed by atoms with E-state index in [1.165, 1.54) is 12.4 Å². The van der Waals surface area contributed by atoms with E-state index in [-0.39, 0.29) is 10.9 Å². The number of halogens is 3. The van der Waals surface area contributed by atoms with Crippen molar-refractivity contribution in [2.24, 2.45) is 0 Å². The van der Waals surface area contributed by atoms with Crippen LogP contribution in [-0.4, -0.2) is 15.0 Å². The lowest BCUT2D eigenvalue weighted by molar-refractivity contribution is -0.136. The number of hydrogen-bond acceptors (Lipinski definition) is 4. The van der Waals surface area contributed by atoms with E-state index in [1.54, 1.807) is 19.1 Å². The second-order valence-corrected chi connectivity index (χ2v) is 4.82. The topological polar surface area (TPSA) is 64.7 Å². The number of nitrogens with two attached hydrogens (primary N) is 1. The van der Waals surface area contributed by atoms with E-state index in [2.05, 4.69) is 15.0 Å². The number of nitrogen functional groups attached to an aromatic ring is 1. The predicted octanol–water partition coefficient (Wildman–Crippen LogP) is 3.60. The molecule has 3 aromatic rings. The lowest BCUT2D eigenvalue weighted by Crippen LogP contribution is -2.06. The zero-order valence-electron chi connectivity index (χ0n) is 11.5. The van der Waals surface area contributed by atoms with E-state index in [0.717, 1.165) is 12.3 Å². The van der Waals surface area contributed by atoms with Crippen LogP contribution in [0.25, 0.3) is 22.2 Å². The van der Waals surface area contributed by atoms with Crippen molar-refractivity contribution in [3.63, 3.8) is 0 Å². The quantitative estimate of drug-likeness (QED) is 0.746. The van der Waals surface area contributed by atoms with Gasteiger partial charge in [0.05, 0.1) is 16.8 Å². The number of pyridine rings is 1. The van der Waals surface area contributed by atoms with Crippen LogP contribution in [0.15, 0.2) is 36.8 Å². The first-order chi connectivity index (χ1) is 10.4. The molecule has 2 heterocycles. The molecule has 0 aliphatic heterocycles. The van der Waals surface area contributed by atoms with Crippen molar-refractivity contribution >= 4 is 16.7 Å². The summed E-state index contributed by atoms with van der Waals surface area (Å²) < 4.78 is 39.0. The fraction of sp³-hybridized carbons (Fsp3) is 0.133. The van der Waals surface area contributed by atoms with Gasteiger partial charge in [0.1, 0.15) is 12.1 Å². The van der Waals surface area contributed by atoms with Gasteiger partial charge in [-0.1, -0.05) is 12.1 Å². The molecule has 112 valence electrons. The summed E-state index contributed by atoms with van der Waals surface area (Å²) in [4.78, 5) is 12.0. The summed E-state index contributed by atoms with van der Waals surface area (Å²) in [5, 5.41) is 0.0541. The molecular formula is C15H11F3N4. The molecule has 22 heavy (non-hydrogen) atoms. The Morgan fingerprint density at radius 3 is 2.55 bits per heavy atom. The van der Waals surface area contributed by atoms with Crippen LogP contribution in [0.3, 0.4) is 0 Å². The summed E-state index contributed by atoms with van der Waals surface area (Å²) in [6.07, 6.45) is -1.95. The predicted molar refractivity (Wildman–Crippen MR) is 76.9 cm³/mol. The second-order valence-electron chi connectivity index (χ2n) is 4.82. The van der Waals surface area contributed by atoms with Gasteiger partial charge in [-0.15, -0.1) is 0 Å². The number of hydrogen-bond donors (Lipinski definition) is 1. The van der Waals surface area contributed by atoms with Crippen LogP contribution >= 0.6 is 0 Å². The molecule has 0 radical (unpaired) electrons. The van der Waals surface area contributed by atoms with Gasteiger partial charge in [-0.25, -0.2) is 9.97 Å². The summed E-state index contributed by atoms with van der Waals surface area (Å²) >= 11 is 0.